The third-order valence-corrected chi connectivity index (χ3v) is 3.48. The fraction of sp³-hybridized carbons (Fsp3) is 0.400. The van der Waals surface area contributed by atoms with Gasteiger partial charge >= 0.3 is 10.2 Å². The summed E-state index contributed by atoms with van der Waals surface area (Å²) in [4.78, 5) is 0. The van der Waals surface area contributed by atoms with E-state index in [2.05, 4.69) is 0 Å². The number of benzene rings is 1. The van der Waals surface area contributed by atoms with E-state index in [0.717, 1.165) is 0 Å². The van der Waals surface area contributed by atoms with Crippen LogP contribution in [0.2, 0.25) is 0 Å². The minimum Gasteiger partial charge on any atom is -0.497 e. The molecule has 0 aliphatic heterocycles. The summed E-state index contributed by atoms with van der Waals surface area (Å²) >= 11 is 0. The zero-order chi connectivity index (χ0) is 11.5. The van der Waals surface area contributed by atoms with Crippen LogP contribution >= 0.6 is 0 Å². The van der Waals surface area contributed by atoms with E-state index in [4.69, 9.17) is 4.74 Å². The second-order valence-electron chi connectivity index (χ2n) is 3.15. The summed E-state index contributed by atoms with van der Waals surface area (Å²) in [6.07, 6.45) is 0.213. The lowest BCUT2D eigenvalue weighted by molar-refractivity contribution is 0.414. The van der Waals surface area contributed by atoms with Gasteiger partial charge in [0.15, 0.2) is 0 Å². The maximum atomic E-state index is 12.9. The number of rotatable bonds is 4. The molecule has 84 valence electrons. The van der Waals surface area contributed by atoms with Crippen LogP contribution in [0.15, 0.2) is 24.3 Å². The van der Waals surface area contributed by atoms with E-state index in [-0.39, 0.29) is 6.42 Å². The van der Waals surface area contributed by atoms with Crippen molar-refractivity contribution in [2.24, 2.45) is 0 Å². The molecule has 1 unspecified atom stereocenters. The molecule has 0 aliphatic rings. The lowest BCUT2D eigenvalue weighted by atomic mass is 10.1. The zero-order valence-corrected chi connectivity index (χ0v) is 9.42. The van der Waals surface area contributed by atoms with E-state index in [1.807, 2.05) is 0 Å². The largest absolute Gasteiger partial charge is 0.497 e. The maximum absolute atomic E-state index is 12.9. The van der Waals surface area contributed by atoms with E-state index in [1.54, 1.807) is 31.2 Å². The standard InChI is InChI=1S/C10H13FO3S/c1-3-10(15(11,12)13)8-4-6-9(14-2)7-5-8/h4-7,10H,3H2,1-2H3. The Morgan fingerprint density at radius 3 is 2.20 bits per heavy atom. The van der Waals surface area contributed by atoms with Crippen LogP contribution in [0.5, 0.6) is 5.75 Å². The zero-order valence-electron chi connectivity index (χ0n) is 8.60. The van der Waals surface area contributed by atoms with Gasteiger partial charge in [-0.1, -0.05) is 19.1 Å². The van der Waals surface area contributed by atoms with E-state index < -0.39 is 15.5 Å². The number of hydrogen-bond donors (Lipinski definition) is 0. The molecule has 0 aliphatic carbocycles. The Bertz CT molecular complexity index is 411. The molecule has 0 radical (unpaired) electrons. The van der Waals surface area contributed by atoms with Gasteiger partial charge in [0, 0.05) is 0 Å². The average Bonchev–Trinajstić information content (AvgIpc) is 2.18. The Morgan fingerprint density at radius 1 is 1.33 bits per heavy atom. The van der Waals surface area contributed by atoms with Crippen LogP contribution in [0, 0.1) is 0 Å². The van der Waals surface area contributed by atoms with Gasteiger partial charge in [0.25, 0.3) is 0 Å². The second-order valence-corrected chi connectivity index (χ2v) is 4.67. The Hall–Kier alpha value is -1.10. The average molecular weight is 232 g/mol. The molecular formula is C10H13FO3S. The van der Waals surface area contributed by atoms with Crippen LogP contribution in [0.25, 0.3) is 0 Å². The highest BCUT2D eigenvalue weighted by Crippen LogP contribution is 2.28. The van der Waals surface area contributed by atoms with Crippen molar-refractivity contribution in [2.45, 2.75) is 18.6 Å². The Morgan fingerprint density at radius 2 is 1.87 bits per heavy atom. The predicted octanol–water partition coefficient (Wildman–Crippen LogP) is 2.45. The highest BCUT2D eigenvalue weighted by molar-refractivity contribution is 7.86. The first-order valence-electron chi connectivity index (χ1n) is 4.56. The molecular weight excluding hydrogens is 219 g/mol. The molecule has 1 aromatic carbocycles. The third kappa shape index (κ3) is 2.92. The molecule has 0 fully saturated rings. The van der Waals surface area contributed by atoms with Crippen molar-refractivity contribution < 1.29 is 17.0 Å². The minimum atomic E-state index is -4.53. The van der Waals surface area contributed by atoms with Gasteiger partial charge in [-0.3, -0.25) is 0 Å². The summed E-state index contributed by atoms with van der Waals surface area (Å²) in [6, 6.07) is 6.35. The minimum absolute atomic E-state index is 0.213. The monoisotopic (exact) mass is 232 g/mol. The van der Waals surface area contributed by atoms with Crippen LogP contribution < -0.4 is 4.74 Å². The summed E-state index contributed by atoms with van der Waals surface area (Å²) < 4.78 is 39.4. The van der Waals surface area contributed by atoms with Gasteiger partial charge < -0.3 is 4.74 Å². The van der Waals surface area contributed by atoms with E-state index in [0.29, 0.717) is 11.3 Å². The van der Waals surface area contributed by atoms with Crippen molar-refractivity contribution in [2.75, 3.05) is 7.11 Å². The lowest BCUT2D eigenvalue weighted by Crippen LogP contribution is -2.06. The SMILES string of the molecule is CCC(c1ccc(OC)cc1)S(=O)(=O)F. The van der Waals surface area contributed by atoms with Crippen molar-refractivity contribution in [1.29, 1.82) is 0 Å². The van der Waals surface area contributed by atoms with Crippen LogP contribution in [0.4, 0.5) is 3.89 Å². The molecule has 0 bridgehead atoms. The summed E-state index contributed by atoms with van der Waals surface area (Å²) in [6.45, 7) is 1.63. The quantitative estimate of drug-likeness (QED) is 0.749. The Labute approximate surface area is 89.1 Å². The van der Waals surface area contributed by atoms with Gasteiger partial charge in [-0.05, 0) is 24.1 Å². The van der Waals surface area contributed by atoms with E-state index >= 15 is 0 Å². The predicted molar refractivity (Wildman–Crippen MR) is 56.1 cm³/mol. The smallest absolute Gasteiger partial charge is 0.309 e. The van der Waals surface area contributed by atoms with Gasteiger partial charge in [-0.15, -0.1) is 3.89 Å². The summed E-state index contributed by atoms with van der Waals surface area (Å²) in [5.41, 5.74) is 0.445. The number of hydrogen-bond acceptors (Lipinski definition) is 3. The first-order valence-corrected chi connectivity index (χ1v) is 6.01. The molecule has 5 heteroatoms. The van der Waals surface area contributed by atoms with Crippen LogP contribution in [-0.2, 0) is 10.2 Å². The highest BCUT2D eigenvalue weighted by atomic mass is 32.3. The number of halogens is 1. The molecule has 15 heavy (non-hydrogen) atoms. The summed E-state index contributed by atoms with van der Waals surface area (Å²) in [7, 11) is -3.02. The van der Waals surface area contributed by atoms with Crippen molar-refractivity contribution in [1.82, 2.24) is 0 Å². The summed E-state index contributed by atoms with van der Waals surface area (Å²) in [5.74, 6) is 0.616. The van der Waals surface area contributed by atoms with Crippen molar-refractivity contribution in [3.8, 4) is 5.75 Å². The van der Waals surface area contributed by atoms with Crippen molar-refractivity contribution in [3.05, 3.63) is 29.8 Å². The van der Waals surface area contributed by atoms with E-state index in [1.165, 1.54) is 7.11 Å². The number of ether oxygens (including phenoxy) is 1. The Balaban J connectivity index is 3.04. The first kappa shape index (κ1) is 12.0. The highest BCUT2D eigenvalue weighted by Gasteiger charge is 2.24. The van der Waals surface area contributed by atoms with Crippen LogP contribution in [-0.4, -0.2) is 15.5 Å². The molecule has 0 spiro atoms. The van der Waals surface area contributed by atoms with E-state index in [9.17, 15) is 12.3 Å². The molecule has 1 atom stereocenters. The molecule has 0 saturated heterocycles. The first-order chi connectivity index (χ1) is 6.99. The third-order valence-electron chi connectivity index (χ3n) is 2.20. The van der Waals surface area contributed by atoms with Crippen LogP contribution in [0.3, 0.4) is 0 Å². The molecule has 0 saturated carbocycles. The Kier molecular flexibility index (Phi) is 3.68. The van der Waals surface area contributed by atoms with Crippen molar-refractivity contribution in [3.63, 3.8) is 0 Å². The molecule has 0 amide bonds. The van der Waals surface area contributed by atoms with Gasteiger partial charge in [-0.2, -0.15) is 8.42 Å². The summed E-state index contributed by atoms with van der Waals surface area (Å²) in [5, 5.41) is -1.08. The molecule has 1 aromatic rings. The van der Waals surface area contributed by atoms with Gasteiger partial charge in [0.05, 0.1) is 7.11 Å². The fourth-order valence-electron chi connectivity index (χ4n) is 1.42. The fourth-order valence-corrected chi connectivity index (χ4v) is 2.30. The molecule has 3 nitrogen and oxygen atoms in total. The number of methoxy groups -OCH3 is 1. The van der Waals surface area contributed by atoms with Gasteiger partial charge in [0.2, 0.25) is 0 Å². The van der Waals surface area contributed by atoms with Gasteiger partial charge in [0.1, 0.15) is 11.0 Å². The second kappa shape index (κ2) is 4.61. The maximum Gasteiger partial charge on any atom is 0.309 e. The molecule has 1 rings (SSSR count). The van der Waals surface area contributed by atoms with Crippen molar-refractivity contribution >= 4 is 10.2 Å². The molecule has 0 N–H and O–H groups in total. The molecule has 0 aromatic heterocycles. The lowest BCUT2D eigenvalue weighted by Gasteiger charge is -2.10. The normalized spacial score (nSPS) is 13.5. The van der Waals surface area contributed by atoms with Gasteiger partial charge in [-0.25, -0.2) is 0 Å². The van der Waals surface area contributed by atoms with Crippen LogP contribution in [0.1, 0.15) is 24.2 Å². The topological polar surface area (TPSA) is 43.4 Å². The molecule has 0 heterocycles.